The van der Waals surface area contributed by atoms with Gasteiger partial charge in [-0.3, -0.25) is 0 Å². The molecule has 0 bridgehead atoms. The predicted molar refractivity (Wildman–Crippen MR) is 76.1 cm³/mol. The van der Waals surface area contributed by atoms with Gasteiger partial charge in [-0.2, -0.15) is 0 Å². The van der Waals surface area contributed by atoms with E-state index >= 15 is 0 Å². The standard InChI is InChI=1S/C16H19NO2/c1-2-16(13-5-9-15(19)10-6-13)17-11-12-3-7-14(18)8-4-12/h3-10,16-19H,2,11H2,1H3. The molecule has 0 aliphatic heterocycles. The quantitative estimate of drug-likeness (QED) is 0.770. The zero-order chi connectivity index (χ0) is 13.7. The van der Waals surface area contributed by atoms with E-state index in [4.69, 9.17) is 0 Å². The minimum atomic E-state index is 0.259. The number of hydrogen-bond acceptors (Lipinski definition) is 3. The summed E-state index contributed by atoms with van der Waals surface area (Å²) in [7, 11) is 0. The Bertz CT molecular complexity index is 505. The number of aromatic hydroxyl groups is 2. The van der Waals surface area contributed by atoms with E-state index in [1.54, 1.807) is 24.3 Å². The first-order valence-electron chi connectivity index (χ1n) is 6.49. The largest absolute Gasteiger partial charge is 0.508 e. The fourth-order valence-corrected chi connectivity index (χ4v) is 2.06. The lowest BCUT2D eigenvalue weighted by Gasteiger charge is -2.17. The molecule has 0 saturated carbocycles. The summed E-state index contributed by atoms with van der Waals surface area (Å²) in [6, 6.07) is 14.8. The van der Waals surface area contributed by atoms with Gasteiger partial charge >= 0.3 is 0 Å². The van der Waals surface area contributed by atoms with Crippen LogP contribution >= 0.6 is 0 Å². The highest BCUT2D eigenvalue weighted by Gasteiger charge is 2.08. The first-order chi connectivity index (χ1) is 9.19. The van der Waals surface area contributed by atoms with Gasteiger partial charge in [-0.15, -0.1) is 0 Å². The monoisotopic (exact) mass is 257 g/mol. The Morgan fingerprint density at radius 3 is 1.95 bits per heavy atom. The highest BCUT2D eigenvalue weighted by Crippen LogP contribution is 2.20. The minimum Gasteiger partial charge on any atom is -0.508 e. The second-order valence-corrected chi connectivity index (χ2v) is 4.60. The molecule has 0 aliphatic carbocycles. The molecule has 19 heavy (non-hydrogen) atoms. The molecule has 0 aliphatic rings. The lowest BCUT2D eigenvalue weighted by atomic mass is 10.0. The smallest absolute Gasteiger partial charge is 0.115 e. The third kappa shape index (κ3) is 3.73. The van der Waals surface area contributed by atoms with Crippen molar-refractivity contribution in [3.05, 3.63) is 59.7 Å². The number of hydrogen-bond donors (Lipinski definition) is 3. The van der Waals surface area contributed by atoms with Crippen molar-refractivity contribution < 1.29 is 10.2 Å². The van der Waals surface area contributed by atoms with E-state index in [0.717, 1.165) is 18.5 Å². The van der Waals surface area contributed by atoms with E-state index in [-0.39, 0.29) is 17.5 Å². The highest BCUT2D eigenvalue weighted by atomic mass is 16.3. The second-order valence-electron chi connectivity index (χ2n) is 4.60. The maximum Gasteiger partial charge on any atom is 0.115 e. The first-order valence-corrected chi connectivity index (χ1v) is 6.49. The minimum absolute atomic E-state index is 0.259. The van der Waals surface area contributed by atoms with E-state index < -0.39 is 0 Å². The predicted octanol–water partition coefficient (Wildman–Crippen LogP) is 3.34. The summed E-state index contributed by atoms with van der Waals surface area (Å²) >= 11 is 0. The molecule has 3 nitrogen and oxygen atoms in total. The molecule has 100 valence electrons. The Kier molecular flexibility index (Phi) is 4.42. The summed E-state index contributed by atoms with van der Waals surface area (Å²) in [6.07, 6.45) is 0.975. The van der Waals surface area contributed by atoms with Gasteiger partial charge in [-0.05, 0) is 41.8 Å². The van der Waals surface area contributed by atoms with Gasteiger partial charge in [-0.1, -0.05) is 31.2 Å². The van der Waals surface area contributed by atoms with Gasteiger partial charge in [-0.25, -0.2) is 0 Å². The number of phenolic OH excluding ortho intramolecular Hbond substituents is 2. The summed E-state index contributed by atoms with van der Waals surface area (Å²) in [5.41, 5.74) is 2.30. The van der Waals surface area contributed by atoms with E-state index in [0.29, 0.717) is 0 Å². The van der Waals surface area contributed by atoms with Crippen LogP contribution in [-0.4, -0.2) is 10.2 Å². The summed E-state index contributed by atoms with van der Waals surface area (Å²) < 4.78 is 0. The van der Waals surface area contributed by atoms with Crippen molar-refractivity contribution in [3.8, 4) is 11.5 Å². The molecule has 0 fully saturated rings. The van der Waals surface area contributed by atoms with Gasteiger partial charge in [0, 0.05) is 12.6 Å². The summed E-state index contributed by atoms with van der Waals surface area (Å²) in [5.74, 6) is 0.575. The van der Waals surface area contributed by atoms with Gasteiger partial charge < -0.3 is 15.5 Å². The number of phenols is 2. The van der Waals surface area contributed by atoms with E-state index in [1.165, 1.54) is 5.56 Å². The van der Waals surface area contributed by atoms with Crippen LogP contribution in [-0.2, 0) is 6.54 Å². The van der Waals surface area contributed by atoms with E-state index in [1.807, 2.05) is 24.3 Å². The van der Waals surface area contributed by atoms with E-state index in [2.05, 4.69) is 12.2 Å². The van der Waals surface area contributed by atoms with Crippen molar-refractivity contribution in [1.29, 1.82) is 0 Å². The maximum atomic E-state index is 9.30. The summed E-state index contributed by atoms with van der Waals surface area (Å²) in [6.45, 7) is 2.88. The molecule has 1 unspecified atom stereocenters. The fraction of sp³-hybridized carbons (Fsp3) is 0.250. The zero-order valence-corrected chi connectivity index (χ0v) is 11.0. The molecule has 0 heterocycles. The number of benzene rings is 2. The molecule has 3 heteroatoms. The van der Waals surface area contributed by atoms with Crippen molar-refractivity contribution in [2.24, 2.45) is 0 Å². The van der Waals surface area contributed by atoms with E-state index in [9.17, 15) is 10.2 Å². The molecule has 0 spiro atoms. The van der Waals surface area contributed by atoms with Crippen molar-refractivity contribution in [3.63, 3.8) is 0 Å². The van der Waals surface area contributed by atoms with Crippen molar-refractivity contribution >= 4 is 0 Å². The normalized spacial score (nSPS) is 12.3. The average molecular weight is 257 g/mol. The zero-order valence-electron chi connectivity index (χ0n) is 11.0. The van der Waals surface area contributed by atoms with Gasteiger partial charge in [0.2, 0.25) is 0 Å². The molecule has 1 atom stereocenters. The number of nitrogens with one attached hydrogen (secondary N) is 1. The van der Waals surface area contributed by atoms with Crippen molar-refractivity contribution in [2.75, 3.05) is 0 Å². The molecular weight excluding hydrogens is 238 g/mol. The topological polar surface area (TPSA) is 52.5 Å². The van der Waals surface area contributed by atoms with Crippen LogP contribution in [0, 0.1) is 0 Å². The number of rotatable bonds is 5. The molecule has 2 aromatic rings. The Morgan fingerprint density at radius 2 is 1.42 bits per heavy atom. The fourth-order valence-electron chi connectivity index (χ4n) is 2.06. The van der Waals surface area contributed by atoms with Crippen molar-refractivity contribution in [1.82, 2.24) is 5.32 Å². The lowest BCUT2D eigenvalue weighted by Crippen LogP contribution is -2.20. The van der Waals surface area contributed by atoms with Crippen LogP contribution in [0.25, 0.3) is 0 Å². The second kappa shape index (κ2) is 6.25. The first kappa shape index (κ1) is 13.4. The van der Waals surface area contributed by atoms with Crippen LogP contribution in [0.2, 0.25) is 0 Å². The SMILES string of the molecule is CCC(NCc1ccc(O)cc1)c1ccc(O)cc1. The van der Waals surface area contributed by atoms with Gasteiger partial charge in [0.1, 0.15) is 11.5 Å². The van der Waals surface area contributed by atoms with Gasteiger partial charge in [0.05, 0.1) is 0 Å². The summed E-state index contributed by atoms with van der Waals surface area (Å²) in [4.78, 5) is 0. The molecular formula is C16H19NO2. The Hall–Kier alpha value is -2.00. The molecule has 2 aromatic carbocycles. The molecule has 0 aromatic heterocycles. The Balaban J connectivity index is 1.99. The lowest BCUT2D eigenvalue weighted by molar-refractivity contribution is 0.472. The van der Waals surface area contributed by atoms with Crippen LogP contribution in [0.1, 0.15) is 30.5 Å². The highest BCUT2D eigenvalue weighted by molar-refractivity contribution is 5.29. The van der Waals surface area contributed by atoms with Crippen LogP contribution in [0.4, 0.5) is 0 Å². The van der Waals surface area contributed by atoms with Gasteiger partial charge in [0.25, 0.3) is 0 Å². The van der Waals surface area contributed by atoms with Crippen molar-refractivity contribution in [2.45, 2.75) is 25.9 Å². The average Bonchev–Trinajstić information content (AvgIpc) is 2.43. The molecule has 0 amide bonds. The Labute approximate surface area is 113 Å². The van der Waals surface area contributed by atoms with Crippen LogP contribution in [0.5, 0.6) is 11.5 Å². The maximum absolute atomic E-state index is 9.30. The molecule has 0 radical (unpaired) electrons. The van der Waals surface area contributed by atoms with Crippen LogP contribution in [0.15, 0.2) is 48.5 Å². The van der Waals surface area contributed by atoms with Crippen LogP contribution < -0.4 is 5.32 Å². The molecule has 2 rings (SSSR count). The molecule has 0 saturated heterocycles. The van der Waals surface area contributed by atoms with Gasteiger partial charge in [0.15, 0.2) is 0 Å². The molecule has 3 N–H and O–H groups in total. The summed E-state index contributed by atoms with van der Waals surface area (Å²) in [5, 5.41) is 22.0. The Morgan fingerprint density at radius 1 is 0.895 bits per heavy atom. The van der Waals surface area contributed by atoms with Crippen LogP contribution in [0.3, 0.4) is 0 Å². The third-order valence-corrected chi connectivity index (χ3v) is 3.19. The third-order valence-electron chi connectivity index (χ3n) is 3.19.